The Labute approximate surface area is 159 Å². The second kappa shape index (κ2) is 8.83. The number of aromatic nitrogens is 3. The number of para-hydroxylation sites is 1. The molecule has 1 aliphatic heterocycles. The van der Waals surface area contributed by atoms with Crippen LogP contribution in [0.5, 0.6) is 0 Å². The van der Waals surface area contributed by atoms with E-state index in [-0.39, 0.29) is 0 Å². The monoisotopic (exact) mass is 366 g/mol. The quantitative estimate of drug-likeness (QED) is 0.568. The number of aromatic amines is 1. The molecule has 3 aromatic rings. The number of fused-ring (bicyclic) bond motifs is 1. The minimum Gasteiger partial charge on any atom is -0.379 e. The highest BCUT2D eigenvalue weighted by atomic mass is 16.5. The van der Waals surface area contributed by atoms with Gasteiger partial charge in [0.25, 0.3) is 0 Å². The largest absolute Gasteiger partial charge is 0.379 e. The zero-order valence-corrected chi connectivity index (χ0v) is 15.4. The first-order valence-corrected chi connectivity index (χ1v) is 9.54. The molecule has 0 aliphatic carbocycles. The number of nitrogens with one attached hydrogen (secondary N) is 3. The molecule has 1 aliphatic rings. The maximum atomic E-state index is 5.37. The summed E-state index contributed by atoms with van der Waals surface area (Å²) in [5.41, 5.74) is 2.50. The molecular formula is C20H26N6O. The zero-order chi connectivity index (χ0) is 18.3. The molecule has 27 heavy (non-hydrogen) atoms. The van der Waals surface area contributed by atoms with Gasteiger partial charge >= 0.3 is 0 Å². The topological polar surface area (TPSA) is 78.1 Å². The van der Waals surface area contributed by atoms with Crippen LogP contribution in [0.2, 0.25) is 0 Å². The fraction of sp³-hybridized carbons (Fsp3) is 0.400. The van der Waals surface area contributed by atoms with Crippen LogP contribution in [-0.4, -0.2) is 65.8 Å². The van der Waals surface area contributed by atoms with Crippen LogP contribution in [0.4, 0.5) is 11.8 Å². The fourth-order valence-electron chi connectivity index (χ4n) is 3.36. The molecule has 0 saturated carbocycles. The molecule has 0 atom stereocenters. The molecule has 0 radical (unpaired) electrons. The highest BCUT2D eigenvalue weighted by Gasteiger charge is 2.09. The average molecular weight is 366 g/mol. The Hall–Kier alpha value is -2.64. The van der Waals surface area contributed by atoms with E-state index in [1.807, 2.05) is 6.07 Å². The molecular weight excluding hydrogens is 340 g/mol. The van der Waals surface area contributed by atoms with Crippen molar-refractivity contribution < 1.29 is 4.74 Å². The summed E-state index contributed by atoms with van der Waals surface area (Å²) < 4.78 is 5.37. The number of hydrogen-bond donors (Lipinski definition) is 3. The Kier molecular flexibility index (Phi) is 5.81. The molecule has 0 unspecified atom stereocenters. The van der Waals surface area contributed by atoms with Gasteiger partial charge in [-0.3, -0.25) is 4.90 Å². The normalized spacial score (nSPS) is 15.1. The molecule has 142 valence electrons. The summed E-state index contributed by atoms with van der Waals surface area (Å²) >= 11 is 0. The number of hydrogen-bond acceptors (Lipinski definition) is 6. The molecule has 1 aromatic carbocycles. The van der Waals surface area contributed by atoms with E-state index in [0.717, 1.165) is 58.2 Å². The van der Waals surface area contributed by atoms with E-state index in [9.17, 15) is 0 Å². The summed E-state index contributed by atoms with van der Waals surface area (Å²) in [5, 5.41) is 7.99. The first-order valence-electron chi connectivity index (χ1n) is 9.54. The minimum absolute atomic E-state index is 0.667. The summed E-state index contributed by atoms with van der Waals surface area (Å²) in [4.78, 5) is 14.6. The fourth-order valence-corrected chi connectivity index (χ4v) is 3.36. The maximum absolute atomic E-state index is 5.37. The van der Waals surface area contributed by atoms with Gasteiger partial charge in [0, 0.05) is 56.0 Å². The van der Waals surface area contributed by atoms with Crippen molar-refractivity contribution in [2.45, 2.75) is 6.42 Å². The maximum Gasteiger partial charge on any atom is 0.224 e. The van der Waals surface area contributed by atoms with Gasteiger partial charge in [-0.15, -0.1) is 0 Å². The Morgan fingerprint density at radius 1 is 1.07 bits per heavy atom. The summed E-state index contributed by atoms with van der Waals surface area (Å²) in [5.74, 6) is 1.51. The van der Waals surface area contributed by atoms with Gasteiger partial charge in [0.2, 0.25) is 5.95 Å². The Morgan fingerprint density at radius 3 is 2.89 bits per heavy atom. The molecule has 0 spiro atoms. The van der Waals surface area contributed by atoms with Crippen LogP contribution in [-0.2, 0) is 11.2 Å². The van der Waals surface area contributed by atoms with E-state index in [1.54, 1.807) is 6.20 Å². The predicted molar refractivity (Wildman–Crippen MR) is 108 cm³/mol. The van der Waals surface area contributed by atoms with Crippen LogP contribution in [0.3, 0.4) is 0 Å². The lowest BCUT2D eigenvalue weighted by atomic mass is 10.1. The second-order valence-corrected chi connectivity index (χ2v) is 6.68. The number of H-pyrrole nitrogens is 1. The third-order valence-corrected chi connectivity index (χ3v) is 4.85. The van der Waals surface area contributed by atoms with E-state index in [0.29, 0.717) is 5.95 Å². The Balaban J connectivity index is 1.25. The minimum atomic E-state index is 0.667. The average Bonchev–Trinajstić information content (AvgIpc) is 3.13. The van der Waals surface area contributed by atoms with Gasteiger partial charge in [0.1, 0.15) is 5.82 Å². The van der Waals surface area contributed by atoms with Crippen LogP contribution in [0.1, 0.15) is 5.56 Å². The van der Waals surface area contributed by atoms with Crippen LogP contribution in [0.15, 0.2) is 42.7 Å². The molecule has 1 saturated heterocycles. The van der Waals surface area contributed by atoms with Gasteiger partial charge in [0.15, 0.2) is 0 Å². The molecule has 1 fully saturated rings. The smallest absolute Gasteiger partial charge is 0.224 e. The van der Waals surface area contributed by atoms with Gasteiger partial charge in [-0.05, 0) is 24.1 Å². The summed E-state index contributed by atoms with van der Waals surface area (Å²) in [6, 6.07) is 10.3. The molecule has 7 nitrogen and oxygen atoms in total. The van der Waals surface area contributed by atoms with Crippen molar-refractivity contribution in [3.63, 3.8) is 0 Å². The molecule has 0 amide bonds. The summed E-state index contributed by atoms with van der Waals surface area (Å²) in [6.45, 7) is 6.28. The summed E-state index contributed by atoms with van der Waals surface area (Å²) in [7, 11) is 0. The van der Waals surface area contributed by atoms with Crippen LogP contribution in [0, 0.1) is 0 Å². The van der Waals surface area contributed by atoms with Gasteiger partial charge in [-0.1, -0.05) is 18.2 Å². The molecule has 2 aromatic heterocycles. The Bertz CT molecular complexity index is 858. The highest BCUT2D eigenvalue weighted by Crippen LogP contribution is 2.18. The van der Waals surface area contributed by atoms with Crippen molar-refractivity contribution in [1.29, 1.82) is 0 Å². The molecule has 0 bridgehead atoms. The second-order valence-electron chi connectivity index (χ2n) is 6.68. The van der Waals surface area contributed by atoms with E-state index in [1.165, 1.54) is 16.5 Å². The van der Waals surface area contributed by atoms with Crippen molar-refractivity contribution in [2.24, 2.45) is 0 Å². The number of morpholine rings is 1. The molecule has 3 heterocycles. The van der Waals surface area contributed by atoms with Crippen molar-refractivity contribution in [3.8, 4) is 0 Å². The van der Waals surface area contributed by atoms with Gasteiger partial charge in [-0.2, -0.15) is 4.98 Å². The lowest BCUT2D eigenvalue weighted by molar-refractivity contribution is 0.0398. The van der Waals surface area contributed by atoms with Gasteiger partial charge in [-0.25, -0.2) is 4.98 Å². The van der Waals surface area contributed by atoms with Crippen LogP contribution >= 0.6 is 0 Å². The predicted octanol–water partition coefficient (Wildman–Crippen LogP) is 2.36. The van der Waals surface area contributed by atoms with Crippen LogP contribution < -0.4 is 10.6 Å². The van der Waals surface area contributed by atoms with Gasteiger partial charge < -0.3 is 20.4 Å². The third kappa shape index (κ3) is 4.75. The van der Waals surface area contributed by atoms with Crippen molar-refractivity contribution in [3.05, 3.63) is 48.3 Å². The van der Waals surface area contributed by atoms with E-state index in [2.05, 4.69) is 60.9 Å². The Morgan fingerprint density at radius 2 is 1.96 bits per heavy atom. The number of ether oxygens (including phenoxy) is 1. The standard InChI is InChI=1S/C20H26N6O/c1-2-4-18-17(3-1)16(15-24-18)5-7-21-19-6-8-22-20(25-19)23-9-10-26-11-13-27-14-12-26/h1-4,6,8,15,24H,5,7,9-14H2,(H2,21,22,23,25). The molecule has 4 rings (SSSR count). The highest BCUT2D eigenvalue weighted by molar-refractivity contribution is 5.83. The van der Waals surface area contributed by atoms with E-state index < -0.39 is 0 Å². The van der Waals surface area contributed by atoms with Crippen molar-refractivity contribution >= 4 is 22.7 Å². The summed E-state index contributed by atoms with van der Waals surface area (Å²) in [6.07, 6.45) is 4.82. The zero-order valence-electron chi connectivity index (χ0n) is 15.4. The van der Waals surface area contributed by atoms with Gasteiger partial charge in [0.05, 0.1) is 13.2 Å². The first-order chi connectivity index (χ1) is 13.4. The third-order valence-electron chi connectivity index (χ3n) is 4.85. The van der Waals surface area contributed by atoms with Crippen molar-refractivity contribution in [2.75, 3.05) is 56.6 Å². The lowest BCUT2D eigenvalue weighted by Crippen LogP contribution is -2.39. The first kappa shape index (κ1) is 17.8. The number of benzene rings is 1. The van der Waals surface area contributed by atoms with E-state index >= 15 is 0 Å². The van der Waals surface area contributed by atoms with Crippen LogP contribution in [0.25, 0.3) is 10.9 Å². The van der Waals surface area contributed by atoms with E-state index in [4.69, 9.17) is 4.74 Å². The number of anilines is 2. The molecule has 3 N–H and O–H groups in total. The number of rotatable bonds is 8. The lowest BCUT2D eigenvalue weighted by Gasteiger charge is -2.26. The van der Waals surface area contributed by atoms with Crippen molar-refractivity contribution in [1.82, 2.24) is 19.9 Å². The number of nitrogens with zero attached hydrogens (tertiary/aromatic N) is 3. The SMILES string of the molecule is c1ccc2c(CCNc3ccnc(NCCN4CCOCC4)n3)c[nH]c2c1. The molecule has 7 heteroatoms.